The third-order valence-electron chi connectivity index (χ3n) is 3.23. The summed E-state index contributed by atoms with van der Waals surface area (Å²) in [6, 6.07) is 7.44. The van der Waals surface area contributed by atoms with Crippen LogP contribution in [0.5, 0.6) is 0 Å². The highest BCUT2D eigenvalue weighted by molar-refractivity contribution is 6.08. The monoisotopic (exact) mass is 260 g/mol. The van der Waals surface area contributed by atoms with E-state index < -0.39 is 5.97 Å². The molecular formula is C14H16N2O3. The smallest absolute Gasteiger partial charge is 0.333 e. The van der Waals surface area contributed by atoms with Crippen molar-refractivity contribution < 1.29 is 14.7 Å². The van der Waals surface area contributed by atoms with Gasteiger partial charge in [-0.05, 0) is 31.2 Å². The predicted octanol–water partition coefficient (Wildman–Crippen LogP) is 1.85. The highest BCUT2D eigenvalue weighted by Crippen LogP contribution is 2.31. The summed E-state index contributed by atoms with van der Waals surface area (Å²) in [6.07, 6.45) is -0.0450. The van der Waals surface area contributed by atoms with Crippen LogP contribution in [0.4, 0.5) is 11.4 Å². The van der Waals surface area contributed by atoms with E-state index in [0.717, 1.165) is 5.69 Å². The Kier molecular flexibility index (Phi) is 3.29. The van der Waals surface area contributed by atoms with Gasteiger partial charge in [0.2, 0.25) is 5.91 Å². The number of benzene rings is 1. The number of hydrogen-bond acceptors (Lipinski definition) is 3. The van der Waals surface area contributed by atoms with Crippen molar-refractivity contribution in [2.75, 3.05) is 23.9 Å². The van der Waals surface area contributed by atoms with Gasteiger partial charge in [0.15, 0.2) is 0 Å². The second-order valence-corrected chi connectivity index (χ2v) is 4.69. The first kappa shape index (κ1) is 13.1. The number of carbonyl (C=O) groups excluding carboxylic acids is 1. The third kappa shape index (κ3) is 2.31. The maximum absolute atomic E-state index is 11.9. The first-order valence-electron chi connectivity index (χ1n) is 5.95. The zero-order valence-corrected chi connectivity index (χ0v) is 11.2. The second-order valence-electron chi connectivity index (χ2n) is 4.69. The van der Waals surface area contributed by atoms with Gasteiger partial charge in [0.1, 0.15) is 0 Å². The lowest BCUT2D eigenvalue weighted by molar-refractivity contribution is -0.133. The lowest BCUT2D eigenvalue weighted by Crippen LogP contribution is -2.23. The molecule has 0 aliphatic carbocycles. The molecule has 5 heteroatoms. The number of anilines is 2. The standard InChI is InChI=1S/C14H16N2O3/c1-9-12(14(18)19)8-13(17)16(9)11-6-4-10(5-7-11)15(2)3/h4-7H,8H2,1-3H3,(H,18,19). The summed E-state index contributed by atoms with van der Waals surface area (Å²) in [5.74, 6) is -1.23. The molecule has 100 valence electrons. The zero-order valence-electron chi connectivity index (χ0n) is 11.2. The Morgan fingerprint density at radius 1 is 1.26 bits per heavy atom. The highest BCUT2D eigenvalue weighted by Gasteiger charge is 2.31. The van der Waals surface area contributed by atoms with Gasteiger partial charge in [0.05, 0.1) is 12.0 Å². The molecule has 0 atom stereocenters. The zero-order chi connectivity index (χ0) is 14.2. The lowest BCUT2D eigenvalue weighted by atomic mass is 10.2. The molecule has 0 saturated heterocycles. The van der Waals surface area contributed by atoms with Crippen LogP contribution in [-0.2, 0) is 9.59 Å². The summed E-state index contributed by atoms with van der Waals surface area (Å²) < 4.78 is 0. The molecule has 0 unspecified atom stereocenters. The Morgan fingerprint density at radius 2 is 1.84 bits per heavy atom. The number of hydrogen-bond donors (Lipinski definition) is 1. The van der Waals surface area contributed by atoms with Crippen molar-refractivity contribution in [3.8, 4) is 0 Å². The van der Waals surface area contributed by atoms with E-state index in [9.17, 15) is 9.59 Å². The summed E-state index contributed by atoms with van der Waals surface area (Å²) in [5.41, 5.74) is 2.39. The Labute approximate surface area is 111 Å². The quantitative estimate of drug-likeness (QED) is 0.901. The van der Waals surface area contributed by atoms with E-state index in [1.54, 1.807) is 6.92 Å². The van der Waals surface area contributed by atoms with Crippen LogP contribution in [0.2, 0.25) is 0 Å². The van der Waals surface area contributed by atoms with Gasteiger partial charge >= 0.3 is 5.97 Å². The highest BCUT2D eigenvalue weighted by atomic mass is 16.4. The molecule has 1 aliphatic rings. The number of rotatable bonds is 3. The van der Waals surface area contributed by atoms with Gasteiger partial charge in [0.25, 0.3) is 0 Å². The number of allylic oxidation sites excluding steroid dienone is 1. The van der Waals surface area contributed by atoms with Crippen LogP contribution in [0.3, 0.4) is 0 Å². The number of amides is 1. The van der Waals surface area contributed by atoms with Crippen LogP contribution in [0.25, 0.3) is 0 Å². The molecule has 1 N–H and O–H groups in total. The fourth-order valence-corrected chi connectivity index (χ4v) is 2.15. The second kappa shape index (κ2) is 4.76. The van der Waals surface area contributed by atoms with Gasteiger partial charge in [0, 0.05) is 31.2 Å². The third-order valence-corrected chi connectivity index (χ3v) is 3.23. The maximum Gasteiger partial charge on any atom is 0.333 e. The van der Waals surface area contributed by atoms with Crippen molar-refractivity contribution in [1.29, 1.82) is 0 Å². The number of nitrogens with zero attached hydrogens (tertiary/aromatic N) is 2. The Hall–Kier alpha value is -2.30. The Morgan fingerprint density at radius 3 is 2.26 bits per heavy atom. The molecule has 1 amide bonds. The number of aliphatic carboxylic acids is 1. The molecule has 2 rings (SSSR count). The normalized spacial score (nSPS) is 15.1. The van der Waals surface area contributed by atoms with Crippen LogP contribution < -0.4 is 9.80 Å². The largest absolute Gasteiger partial charge is 0.478 e. The van der Waals surface area contributed by atoms with E-state index in [2.05, 4.69) is 0 Å². The van der Waals surface area contributed by atoms with Gasteiger partial charge < -0.3 is 10.0 Å². The van der Waals surface area contributed by atoms with Crippen molar-refractivity contribution >= 4 is 23.3 Å². The minimum absolute atomic E-state index is 0.0450. The molecule has 1 aliphatic heterocycles. The summed E-state index contributed by atoms with van der Waals surface area (Å²) >= 11 is 0. The molecule has 0 aromatic heterocycles. The first-order valence-corrected chi connectivity index (χ1v) is 5.95. The molecule has 1 heterocycles. The molecule has 0 fully saturated rings. The first-order chi connectivity index (χ1) is 8.91. The average Bonchev–Trinajstić information content (AvgIpc) is 2.65. The summed E-state index contributed by atoms with van der Waals surface area (Å²) in [6.45, 7) is 1.66. The van der Waals surface area contributed by atoms with Gasteiger partial charge in [-0.2, -0.15) is 0 Å². The number of carboxylic acid groups (broad SMARTS) is 1. The lowest BCUT2D eigenvalue weighted by Gasteiger charge is -2.19. The van der Waals surface area contributed by atoms with Crippen LogP contribution >= 0.6 is 0 Å². The van der Waals surface area contributed by atoms with Crippen LogP contribution in [-0.4, -0.2) is 31.1 Å². The van der Waals surface area contributed by atoms with Crippen LogP contribution in [0.15, 0.2) is 35.5 Å². The van der Waals surface area contributed by atoms with Crippen molar-refractivity contribution in [2.24, 2.45) is 0 Å². The van der Waals surface area contributed by atoms with Crippen LogP contribution in [0.1, 0.15) is 13.3 Å². The number of carboxylic acids is 1. The fraction of sp³-hybridized carbons (Fsp3) is 0.286. The summed E-state index contributed by atoms with van der Waals surface area (Å²) in [4.78, 5) is 26.4. The summed E-state index contributed by atoms with van der Waals surface area (Å²) in [7, 11) is 3.87. The van der Waals surface area contributed by atoms with E-state index in [4.69, 9.17) is 5.11 Å². The fourth-order valence-electron chi connectivity index (χ4n) is 2.15. The van der Waals surface area contributed by atoms with Gasteiger partial charge in [-0.15, -0.1) is 0 Å². The Balaban J connectivity index is 2.36. The van der Waals surface area contributed by atoms with Gasteiger partial charge in [-0.25, -0.2) is 4.79 Å². The molecule has 0 bridgehead atoms. The average molecular weight is 260 g/mol. The van der Waals surface area contributed by atoms with E-state index in [1.165, 1.54) is 4.90 Å². The van der Waals surface area contributed by atoms with E-state index >= 15 is 0 Å². The Bertz CT molecular complexity index is 559. The maximum atomic E-state index is 11.9. The van der Waals surface area contributed by atoms with Crippen molar-refractivity contribution in [3.05, 3.63) is 35.5 Å². The molecule has 5 nitrogen and oxygen atoms in total. The van der Waals surface area contributed by atoms with Gasteiger partial charge in [-0.3, -0.25) is 9.69 Å². The van der Waals surface area contributed by atoms with Crippen molar-refractivity contribution in [1.82, 2.24) is 0 Å². The minimum atomic E-state index is -1.03. The topological polar surface area (TPSA) is 60.9 Å². The van der Waals surface area contributed by atoms with Crippen molar-refractivity contribution in [3.63, 3.8) is 0 Å². The van der Waals surface area contributed by atoms with Crippen LogP contribution in [0, 0.1) is 0 Å². The SMILES string of the molecule is CC1=C(C(=O)O)CC(=O)N1c1ccc(N(C)C)cc1. The van der Waals surface area contributed by atoms with Crippen molar-refractivity contribution in [2.45, 2.75) is 13.3 Å². The molecule has 1 aromatic carbocycles. The molecule has 0 saturated carbocycles. The predicted molar refractivity (Wildman–Crippen MR) is 73.2 cm³/mol. The molecule has 0 spiro atoms. The molecule has 19 heavy (non-hydrogen) atoms. The minimum Gasteiger partial charge on any atom is -0.478 e. The van der Waals surface area contributed by atoms with E-state index in [1.807, 2.05) is 43.3 Å². The molecule has 0 radical (unpaired) electrons. The number of carbonyl (C=O) groups is 2. The van der Waals surface area contributed by atoms with Gasteiger partial charge in [-0.1, -0.05) is 0 Å². The van der Waals surface area contributed by atoms with E-state index in [0.29, 0.717) is 11.4 Å². The molecular weight excluding hydrogens is 244 g/mol. The molecule has 1 aromatic rings. The van der Waals surface area contributed by atoms with E-state index in [-0.39, 0.29) is 17.9 Å². The summed E-state index contributed by atoms with van der Waals surface area (Å²) in [5, 5.41) is 9.04.